The van der Waals surface area contributed by atoms with E-state index < -0.39 is 0 Å². The van der Waals surface area contributed by atoms with Gasteiger partial charge in [0.2, 0.25) is 0 Å². The number of aromatic nitrogens is 5. The molecule has 234 valence electrons. The first-order valence-corrected chi connectivity index (χ1v) is 16.1. The number of aromatic amines is 1. The Bertz CT molecular complexity index is 1870. The van der Waals surface area contributed by atoms with Gasteiger partial charge in [-0.3, -0.25) is 4.79 Å². The molecule has 0 aliphatic carbocycles. The monoisotopic (exact) mass is 606 g/mol. The standard InChI is InChI=1S/C35H42N8O2/c1-21-18-23(6-8-25(21)22(2)39-31(44)32-41-33(42-45-32)34(3,4)5)29-28-26-9-7-24(19-27(26)40-30(28)38-20-37-29)43-16-12-35(13-17-43)10-14-36-15-11-35/h6-9,18-20,22,36H,10-17H2,1-5H3,(H,39,44)(H,37,38,40)/t22-/m1/s1. The predicted octanol–water partition coefficient (Wildman–Crippen LogP) is 6.23. The van der Waals surface area contributed by atoms with E-state index in [0.717, 1.165) is 70.5 Å². The first-order valence-electron chi connectivity index (χ1n) is 16.1. The largest absolute Gasteiger partial charge is 0.371 e. The number of carbonyl (C=O) groups is 1. The Balaban J connectivity index is 1.12. The fraction of sp³-hybridized carbons (Fsp3) is 0.457. The second-order valence-corrected chi connectivity index (χ2v) is 14.0. The van der Waals surface area contributed by atoms with E-state index in [2.05, 4.69) is 79.0 Å². The molecule has 2 fully saturated rings. The molecule has 1 amide bonds. The van der Waals surface area contributed by atoms with Gasteiger partial charge < -0.3 is 25.0 Å². The molecular weight excluding hydrogens is 564 g/mol. The lowest BCUT2D eigenvalue weighted by molar-refractivity contribution is 0.0895. The summed E-state index contributed by atoms with van der Waals surface area (Å²) in [6.45, 7) is 14.5. The van der Waals surface area contributed by atoms with Crippen LogP contribution in [-0.4, -0.2) is 57.2 Å². The highest BCUT2D eigenvalue weighted by Crippen LogP contribution is 2.41. The molecule has 5 aromatic rings. The minimum atomic E-state index is -0.389. The Kier molecular flexibility index (Phi) is 7.35. The summed E-state index contributed by atoms with van der Waals surface area (Å²) in [4.78, 5) is 32.6. The fourth-order valence-electron chi connectivity index (χ4n) is 7.09. The van der Waals surface area contributed by atoms with Gasteiger partial charge in [-0.15, -0.1) is 0 Å². The summed E-state index contributed by atoms with van der Waals surface area (Å²) >= 11 is 0. The van der Waals surface area contributed by atoms with Crippen LogP contribution in [0.4, 0.5) is 5.69 Å². The molecule has 3 aromatic heterocycles. The molecule has 3 N–H and O–H groups in total. The van der Waals surface area contributed by atoms with Gasteiger partial charge in [-0.25, -0.2) is 9.97 Å². The molecule has 2 saturated heterocycles. The van der Waals surface area contributed by atoms with Crippen molar-refractivity contribution in [3.05, 3.63) is 65.6 Å². The van der Waals surface area contributed by atoms with Gasteiger partial charge in [-0.2, -0.15) is 4.98 Å². The Morgan fingerprint density at radius 1 is 1.04 bits per heavy atom. The molecule has 10 nitrogen and oxygen atoms in total. The lowest BCUT2D eigenvalue weighted by Crippen LogP contribution is -2.45. The van der Waals surface area contributed by atoms with Gasteiger partial charge in [0.05, 0.1) is 17.1 Å². The molecule has 2 aliphatic rings. The highest BCUT2D eigenvalue weighted by Gasteiger charge is 2.35. The number of benzene rings is 2. The van der Waals surface area contributed by atoms with Crippen molar-refractivity contribution in [3.8, 4) is 11.3 Å². The van der Waals surface area contributed by atoms with Gasteiger partial charge in [0, 0.05) is 40.7 Å². The molecule has 1 atom stereocenters. The third-order valence-corrected chi connectivity index (χ3v) is 9.87. The van der Waals surface area contributed by atoms with Crippen LogP contribution in [0.1, 0.15) is 87.1 Å². The molecule has 0 radical (unpaired) electrons. The van der Waals surface area contributed by atoms with Crippen LogP contribution in [-0.2, 0) is 5.41 Å². The molecule has 0 bridgehead atoms. The Hall–Kier alpha value is -4.31. The molecule has 10 heteroatoms. The first-order chi connectivity index (χ1) is 21.6. The summed E-state index contributed by atoms with van der Waals surface area (Å²) in [7, 11) is 0. The van der Waals surface area contributed by atoms with Crippen molar-refractivity contribution < 1.29 is 9.32 Å². The average molecular weight is 607 g/mol. The van der Waals surface area contributed by atoms with Gasteiger partial charge in [0.1, 0.15) is 12.0 Å². The van der Waals surface area contributed by atoms with Crippen LogP contribution in [0.25, 0.3) is 33.2 Å². The van der Waals surface area contributed by atoms with Crippen molar-refractivity contribution in [1.29, 1.82) is 0 Å². The molecule has 0 saturated carbocycles. The van der Waals surface area contributed by atoms with Crippen LogP contribution in [0.2, 0.25) is 0 Å². The number of nitrogens with zero attached hydrogens (tertiary/aromatic N) is 5. The summed E-state index contributed by atoms with van der Waals surface area (Å²) < 4.78 is 5.24. The number of H-pyrrole nitrogens is 1. The van der Waals surface area contributed by atoms with Crippen LogP contribution >= 0.6 is 0 Å². The number of aryl methyl sites for hydroxylation is 1. The van der Waals surface area contributed by atoms with Crippen LogP contribution < -0.4 is 15.5 Å². The van der Waals surface area contributed by atoms with Crippen LogP contribution in [0.5, 0.6) is 0 Å². The quantitative estimate of drug-likeness (QED) is 0.215. The third-order valence-electron chi connectivity index (χ3n) is 9.87. The fourth-order valence-corrected chi connectivity index (χ4v) is 7.09. The predicted molar refractivity (Wildman–Crippen MR) is 176 cm³/mol. The maximum absolute atomic E-state index is 12.9. The molecule has 2 aromatic carbocycles. The summed E-state index contributed by atoms with van der Waals surface area (Å²) in [5, 5.41) is 12.6. The number of hydrogen-bond donors (Lipinski definition) is 3. The molecule has 45 heavy (non-hydrogen) atoms. The van der Waals surface area contributed by atoms with E-state index in [-0.39, 0.29) is 23.3 Å². The van der Waals surface area contributed by atoms with Crippen molar-refractivity contribution in [2.24, 2.45) is 5.41 Å². The minimum Gasteiger partial charge on any atom is -0.371 e. The van der Waals surface area contributed by atoms with E-state index >= 15 is 0 Å². The summed E-state index contributed by atoms with van der Waals surface area (Å²) in [6, 6.07) is 12.7. The number of anilines is 1. The molecular formula is C35H42N8O2. The number of amides is 1. The van der Waals surface area contributed by atoms with E-state index in [1.165, 1.54) is 31.4 Å². The number of fused-ring (bicyclic) bond motifs is 3. The second-order valence-electron chi connectivity index (χ2n) is 14.0. The lowest BCUT2D eigenvalue weighted by Gasteiger charge is -2.45. The van der Waals surface area contributed by atoms with E-state index in [0.29, 0.717) is 11.2 Å². The molecule has 0 unspecified atom stereocenters. The number of carbonyl (C=O) groups excluding carboxylic acids is 1. The smallest absolute Gasteiger partial charge is 0.315 e. The van der Waals surface area contributed by atoms with Crippen molar-refractivity contribution in [2.45, 2.75) is 71.8 Å². The van der Waals surface area contributed by atoms with Crippen LogP contribution in [0, 0.1) is 12.3 Å². The highest BCUT2D eigenvalue weighted by molar-refractivity contribution is 6.12. The zero-order valence-electron chi connectivity index (χ0n) is 26.8. The maximum Gasteiger partial charge on any atom is 0.315 e. The van der Waals surface area contributed by atoms with E-state index in [9.17, 15) is 4.79 Å². The molecule has 1 spiro atoms. The van der Waals surface area contributed by atoms with Gasteiger partial charge >= 0.3 is 11.8 Å². The lowest BCUT2D eigenvalue weighted by atomic mass is 9.71. The van der Waals surface area contributed by atoms with Crippen molar-refractivity contribution in [3.63, 3.8) is 0 Å². The summed E-state index contributed by atoms with van der Waals surface area (Å²) in [5.74, 6) is 0.0837. The van der Waals surface area contributed by atoms with E-state index in [1.54, 1.807) is 6.33 Å². The van der Waals surface area contributed by atoms with Gasteiger partial charge in [0.15, 0.2) is 5.82 Å². The first kappa shape index (κ1) is 29.4. The average Bonchev–Trinajstić information content (AvgIpc) is 3.67. The molecule has 2 aliphatic heterocycles. The minimum absolute atomic E-state index is 0.0297. The summed E-state index contributed by atoms with van der Waals surface area (Å²) in [6.07, 6.45) is 6.76. The number of piperidine rings is 2. The van der Waals surface area contributed by atoms with Gasteiger partial charge in [0.25, 0.3) is 0 Å². The van der Waals surface area contributed by atoms with Gasteiger partial charge in [-0.1, -0.05) is 44.1 Å². The van der Waals surface area contributed by atoms with Crippen molar-refractivity contribution >= 4 is 33.5 Å². The zero-order valence-corrected chi connectivity index (χ0v) is 26.8. The summed E-state index contributed by atoms with van der Waals surface area (Å²) in [5.41, 5.74) is 7.33. The Labute approximate surface area is 263 Å². The topological polar surface area (TPSA) is 125 Å². The van der Waals surface area contributed by atoms with Gasteiger partial charge in [-0.05, 0) is 87.4 Å². The van der Waals surface area contributed by atoms with Crippen molar-refractivity contribution in [2.75, 3.05) is 31.1 Å². The van der Waals surface area contributed by atoms with Crippen molar-refractivity contribution in [1.82, 2.24) is 35.7 Å². The highest BCUT2D eigenvalue weighted by atomic mass is 16.5. The zero-order chi connectivity index (χ0) is 31.3. The SMILES string of the molecule is Cc1cc(-c2ncnc3[nH]c4cc(N5CCC6(CCNCC6)CC5)ccc4c23)ccc1[C@@H](C)NC(=O)c1nc(C(C)(C)C)no1. The van der Waals surface area contributed by atoms with E-state index in [4.69, 9.17) is 9.51 Å². The number of nitrogens with one attached hydrogen (secondary N) is 3. The van der Waals surface area contributed by atoms with E-state index in [1.807, 2.05) is 27.7 Å². The maximum atomic E-state index is 12.9. The number of hydrogen-bond acceptors (Lipinski definition) is 8. The molecule has 5 heterocycles. The third kappa shape index (κ3) is 5.56. The Morgan fingerprint density at radius 3 is 2.53 bits per heavy atom. The number of rotatable bonds is 5. The van der Waals surface area contributed by atoms with Crippen LogP contribution in [0.3, 0.4) is 0 Å². The van der Waals surface area contributed by atoms with Crippen LogP contribution in [0.15, 0.2) is 47.2 Å². The molecule has 7 rings (SSSR count). The normalized spacial score (nSPS) is 17.7. The Morgan fingerprint density at radius 2 is 1.82 bits per heavy atom. The second kappa shape index (κ2) is 11.2.